The molecular weight excluding hydrogens is 230 g/mol. The zero-order chi connectivity index (χ0) is 13.4. The topological polar surface area (TPSA) is 58.8 Å². The van der Waals surface area contributed by atoms with Crippen molar-refractivity contribution < 1.29 is 9.53 Å². The van der Waals surface area contributed by atoms with Gasteiger partial charge in [-0.1, -0.05) is 13.3 Å². The summed E-state index contributed by atoms with van der Waals surface area (Å²) in [6.45, 7) is 10.0. The Morgan fingerprint density at radius 1 is 1.28 bits per heavy atom. The maximum absolute atomic E-state index is 12.0. The minimum absolute atomic E-state index is 0.112. The maximum Gasteiger partial charge on any atom is 0.239 e. The van der Waals surface area contributed by atoms with Gasteiger partial charge in [0.05, 0.1) is 12.6 Å². The predicted molar refractivity (Wildman–Crippen MR) is 72.4 cm³/mol. The van der Waals surface area contributed by atoms with E-state index in [9.17, 15) is 4.79 Å². The van der Waals surface area contributed by atoms with Crippen LogP contribution in [0, 0.1) is 0 Å². The van der Waals surface area contributed by atoms with Gasteiger partial charge in [0.2, 0.25) is 5.91 Å². The highest BCUT2D eigenvalue weighted by Gasteiger charge is 2.24. The standard InChI is InChI=1S/C13H27N3O2/c1-3-5-12(14)13(17)16-8-6-15(7-9-16)10-11-18-4-2/h12H,3-11,14H2,1-2H3. The number of hydrogen-bond acceptors (Lipinski definition) is 4. The number of nitrogens with zero attached hydrogens (tertiary/aromatic N) is 2. The van der Waals surface area contributed by atoms with E-state index in [0.29, 0.717) is 0 Å². The third kappa shape index (κ3) is 4.92. The molecule has 1 heterocycles. The molecule has 0 aliphatic carbocycles. The van der Waals surface area contributed by atoms with Crippen LogP contribution in [-0.4, -0.2) is 67.7 Å². The Kier molecular flexibility index (Phi) is 7.23. The summed E-state index contributed by atoms with van der Waals surface area (Å²) in [6, 6.07) is -0.315. The lowest BCUT2D eigenvalue weighted by atomic mass is 10.1. The van der Waals surface area contributed by atoms with Crippen molar-refractivity contribution in [1.29, 1.82) is 0 Å². The zero-order valence-corrected chi connectivity index (χ0v) is 11.7. The molecule has 0 aromatic rings. The fourth-order valence-corrected chi connectivity index (χ4v) is 2.20. The van der Waals surface area contributed by atoms with Gasteiger partial charge in [-0.15, -0.1) is 0 Å². The lowest BCUT2D eigenvalue weighted by Crippen LogP contribution is -2.53. The molecule has 5 heteroatoms. The molecule has 0 saturated carbocycles. The number of amides is 1. The van der Waals surface area contributed by atoms with E-state index in [1.54, 1.807) is 0 Å². The molecule has 1 aliphatic rings. The lowest BCUT2D eigenvalue weighted by Gasteiger charge is -2.35. The van der Waals surface area contributed by atoms with Crippen LogP contribution in [0.3, 0.4) is 0 Å². The van der Waals surface area contributed by atoms with Crippen molar-refractivity contribution in [3.8, 4) is 0 Å². The van der Waals surface area contributed by atoms with Crippen LogP contribution in [0.1, 0.15) is 26.7 Å². The molecule has 0 aromatic heterocycles. The SMILES string of the molecule is CCCC(N)C(=O)N1CCN(CCOCC)CC1. The summed E-state index contributed by atoms with van der Waals surface area (Å²) in [5.41, 5.74) is 5.87. The smallest absolute Gasteiger partial charge is 0.239 e. The Bertz CT molecular complexity index is 240. The molecule has 1 saturated heterocycles. The van der Waals surface area contributed by atoms with Crippen molar-refractivity contribution in [1.82, 2.24) is 9.80 Å². The summed E-state index contributed by atoms with van der Waals surface area (Å²) in [6.07, 6.45) is 1.74. The molecular formula is C13H27N3O2. The second-order valence-electron chi connectivity index (χ2n) is 4.76. The monoisotopic (exact) mass is 257 g/mol. The predicted octanol–water partition coefficient (Wildman–Crippen LogP) is 0.295. The number of nitrogens with two attached hydrogens (primary N) is 1. The van der Waals surface area contributed by atoms with Crippen molar-refractivity contribution in [2.45, 2.75) is 32.7 Å². The van der Waals surface area contributed by atoms with Crippen LogP contribution >= 0.6 is 0 Å². The third-order valence-electron chi connectivity index (χ3n) is 3.36. The van der Waals surface area contributed by atoms with E-state index in [0.717, 1.165) is 58.8 Å². The average Bonchev–Trinajstić information content (AvgIpc) is 2.39. The quantitative estimate of drug-likeness (QED) is 0.666. The highest BCUT2D eigenvalue weighted by atomic mass is 16.5. The van der Waals surface area contributed by atoms with Gasteiger partial charge in [0.1, 0.15) is 0 Å². The van der Waals surface area contributed by atoms with Gasteiger partial charge in [0.15, 0.2) is 0 Å². The Balaban J connectivity index is 2.24. The van der Waals surface area contributed by atoms with Gasteiger partial charge in [-0.05, 0) is 13.3 Å². The normalized spacial score (nSPS) is 18.9. The molecule has 0 radical (unpaired) electrons. The summed E-state index contributed by atoms with van der Waals surface area (Å²) in [5, 5.41) is 0. The van der Waals surface area contributed by atoms with Crippen molar-refractivity contribution in [2.75, 3.05) is 45.9 Å². The van der Waals surface area contributed by atoms with Gasteiger partial charge >= 0.3 is 0 Å². The van der Waals surface area contributed by atoms with Crippen molar-refractivity contribution in [3.63, 3.8) is 0 Å². The van der Waals surface area contributed by atoms with Crippen LogP contribution in [0.4, 0.5) is 0 Å². The van der Waals surface area contributed by atoms with Crippen molar-refractivity contribution in [2.24, 2.45) is 5.73 Å². The maximum atomic E-state index is 12.0. The molecule has 1 amide bonds. The molecule has 1 unspecified atom stereocenters. The summed E-state index contributed by atoms with van der Waals surface area (Å²) in [4.78, 5) is 16.3. The summed E-state index contributed by atoms with van der Waals surface area (Å²) >= 11 is 0. The number of carbonyl (C=O) groups is 1. The minimum atomic E-state index is -0.315. The van der Waals surface area contributed by atoms with E-state index >= 15 is 0 Å². The number of piperazine rings is 1. The lowest BCUT2D eigenvalue weighted by molar-refractivity contribution is -0.134. The number of carbonyl (C=O) groups excluding carboxylic acids is 1. The molecule has 0 bridgehead atoms. The molecule has 1 fully saturated rings. The third-order valence-corrected chi connectivity index (χ3v) is 3.36. The Hall–Kier alpha value is -0.650. The van der Waals surface area contributed by atoms with Crippen molar-refractivity contribution >= 4 is 5.91 Å². The van der Waals surface area contributed by atoms with Gasteiger partial charge in [0, 0.05) is 39.3 Å². The van der Waals surface area contributed by atoms with E-state index in [2.05, 4.69) is 11.8 Å². The molecule has 106 valence electrons. The first kappa shape index (κ1) is 15.4. The molecule has 1 aliphatic heterocycles. The second kappa shape index (κ2) is 8.45. The first-order chi connectivity index (χ1) is 8.69. The van der Waals surface area contributed by atoms with Crippen LogP contribution in [-0.2, 0) is 9.53 Å². The number of rotatable bonds is 7. The molecule has 0 spiro atoms. The molecule has 18 heavy (non-hydrogen) atoms. The molecule has 2 N–H and O–H groups in total. The fourth-order valence-electron chi connectivity index (χ4n) is 2.20. The summed E-state index contributed by atoms with van der Waals surface area (Å²) in [5.74, 6) is 0.112. The highest BCUT2D eigenvalue weighted by Crippen LogP contribution is 2.05. The summed E-state index contributed by atoms with van der Waals surface area (Å²) in [7, 11) is 0. The Morgan fingerprint density at radius 2 is 1.94 bits per heavy atom. The van der Waals surface area contributed by atoms with E-state index in [4.69, 9.17) is 10.5 Å². The highest BCUT2D eigenvalue weighted by molar-refractivity contribution is 5.81. The molecule has 1 atom stereocenters. The first-order valence-corrected chi connectivity index (χ1v) is 7.03. The van der Waals surface area contributed by atoms with E-state index in [1.807, 2.05) is 11.8 Å². The Labute approximate surface area is 110 Å². The zero-order valence-electron chi connectivity index (χ0n) is 11.7. The van der Waals surface area contributed by atoms with E-state index < -0.39 is 0 Å². The molecule has 1 rings (SSSR count). The fraction of sp³-hybridized carbons (Fsp3) is 0.923. The van der Waals surface area contributed by atoms with Crippen LogP contribution in [0.15, 0.2) is 0 Å². The number of ether oxygens (including phenoxy) is 1. The van der Waals surface area contributed by atoms with Gasteiger partial charge < -0.3 is 15.4 Å². The Morgan fingerprint density at radius 3 is 2.50 bits per heavy atom. The van der Waals surface area contributed by atoms with Gasteiger partial charge in [-0.25, -0.2) is 0 Å². The second-order valence-corrected chi connectivity index (χ2v) is 4.76. The van der Waals surface area contributed by atoms with Gasteiger partial charge in [-0.2, -0.15) is 0 Å². The average molecular weight is 257 g/mol. The van der Waals surface area contributed by atoms with Gasteiger partial charge in [-0.3, -0.25) is 9.69 Å². The van der Waals surface area contributed by atoms with E-state index in [1.165, 1.54) is 0 Å². The first-order valence-electron chi connectivity index (χ1n) is 7.03. The van der Waals surface area contributed by atoms with Crippen LogP contribution in [0.2, 0.25) is 0 Å². The molecule has 5 nitrogen and oxygen atoms in total. The van der Waals surface area contributed by atoms with Crippen LogP contribution in [0.5, 0.6) is 0 Å². The van der Waals surface area contributed by atoms with Crippen LogP contribution in [0.25, 0.3) is 0 Å². The number of hydrogen-bond donors (Lipinski definition) is 1. The minimum Gasteiger partial charge on any atom is -0.380 e. The summed E-state index contributed by atoms with van der Waals surface area (Å²) < 4.78 is 5.34. The van der Waals surface area contributed by atoms with Gasteiger partial charge in [0.25, 0.3) is 0 Å². The molecule has 0 aromatic carbocycles. The van der Waals surface area contributed by atoms with E-state index in [-0.39, 0.29) is 11.9 Å². The largest absolute Gasteiger partial charge is 0.380 e. The van der Waals surface area contributed by atoms with Crippen LogP contribution < -0.4 is 5.73 Å². The van der Waals surface area contributed by atoms with Crippen molar-refractivity contribution in [3.05, 3.63) is 0 Å².